The van der Waals surface area contributed by atoms with Crippen LogP contribution in [0.3, 0.4) is 0 Å². The van der Waals surface area contributed by atoms with E-state index in [1.165, 1.54) is 6.08 Å². The fourth-order valence-electron chi connectivity index (χ4n) is 1.77. The second-order valence-electron chi connectivity index (χ2n) is 4.19. The molecule has 0 aliphatic heterocycles. The Morgan fingerprint density at radius 2 is 2.15 bits per heavy atom. The summed E-state index contributed by atoms with van der Waals surface area (Å²) in [5.74, 6) is 0.377. The molecule has 0 spiro atoms. The van der Waals surface area contributed by atoms with Gasteiger partial charge < -0.3 is 9.84 Å². The van der Waals surface area contributed by atoms with Crippen molar-refractivity contribution in [3.05, 3.63) is 59.9 Å². The Labute approximate surface area is 117 Å². The summed E-state index contributed by atoms with van der Waals surface area (Å²) in [6, 6.07) is 9.54. The van der Waals surface area contributed by atoms with Crippen LogP contribution in [0, 0.1) is 0 Å². The van der Waals surface area contributed by atoms with Gasteiger partial charge in [-0.15, -0.1) is 0 Å². The highest BCUT2D eigenvalue weighted by Crippen LogP contribution is 2.25. The third-order valence-corrected chi connectivity index (χ3v) is 2.73. The normalized spacial score (nSPS) is 10.7. The van der Waals surface area contributed by atoms with Gasteiger partial charge in [-0.05, 0) is 35.8 Å². The van der Waals surface area contributed by atoms with E-state index in [0.29, 0.717) is 11.3 Å². The largest absolute Gasteiger partial charge is 0.478 e. The number of aryl methyl sites for hydroxylation is 1. The first kappa shape index (κ1) is 13.8. The van der Waals surface area contributed by atoms with E-state index in [1.807, 2.05) is 24.3 Å². The van der Waals surface area contributed by atoms with Crippen molar-refractivity contribution in [2.24, 2.45) is 0 Å². The van der Waals surface area contributed by atoms with Gasteiger partial charge >= 0.3 is 5.97 Å². The van der Waals surface area contributed by atoms with E-state index >= 15 is 0 Å². The van der Waals surface area contributed by atoms with Crippen LogP contribution in [-0.4, -0.2) is 16.1 Å². The molecule has 0 saturated carbocycles. The number of carbonyl (C=O) groups is 1. The molecule has 20 heavy (non-hydrogen) atoms. The number of pyridine rings is 1. The van der Waals surface area contributed by atoms with Gasteiger partial charge in [-0.3, -0.25) is 4.98 Å². The van der Waals surface area contributed by atoms with Crippen molar-refractivity contribution in [3.63, 3.8) is 0 Å². The number of nitrogens with zero attached hydrogens (tertiary/aromatic N) is 1. The highest BCUT2D eigenvalue weighted by molar-refractivity contribution is 5.85. The zero-order valence-electron chi connectivity index (χ0n) is 11.1. The summed E-state index contributed by atoms with van der Waals surface area (Å²) in [5, 5.41) is 8.61. The van der Waals surface area contributed by atoms with Crippen molar-refractivity contribution < 1.29 is 14.6 Å². The molecule has 2 rings (SSSR count). The van der Waals surface area contributed by atoms with Crippen LogP contribution in [0.15, 0.2) is 48.8 Å². The maximum Gasteiger partial charge on any atom is 0.328 e. The Balaban J connectivity index is 2.21. The fraction of sp³-hybridized carbons (Fsp3) is 0.125. The molecule has 0 bridgehead atoms. The topological polar surface area (TPSA) is 59.4 Å². The van der Waals surface area contributed by atoms with E-state index in [9.17, 15) is 4.79 Å². The zero-order valence-corrected chi connectivity index (χ0v) is 11.1. The second-order valence-corrected chi connectivity index (χ2v) is 4.19. The van der Waals surface area contributed by atoms with Crippen LogP contribution in [0.2, 0.25) is 0 Å². The minimum atomic E-state index is -0.993. The van der Waals surface area contributed by atoms with Crippen LogP contribution in [0.5, 0.6) is 11.5 Å². The molecular formula is C16H15NO3. The highest BCUT2D eigenvalue weighted by atomic mass is 16.5. The molecule has 1 aromatic heterocycles. The lowest BCUT2D eigenvalue weighted by atomic mass is 10.1. The number of aromatic nitrogens is 1. The maximum atomic E-state index is 10.5. The molecule has 0 saturated heterocycles. The Bertz CT molecular complexity index is 635. The molecule has 4 heteroatoms. The molecule has 1 heterocycles. The Morgan fingerprint density at radius 3 is 2.90 bits per heavy atom. The zero-order chi connectivity index (χ0) is 14.4. The molecule has 4 nitrogen and oxygen atoms in total. The lowest BCUT2D eigenvalue weighted by molar-refractivity contribution is -0.131. The molecule has 0 aliphatic rings. The van der Waals surface area contributed by atoms with Crippen molar-refractivity contribution in [1.29, 1.82) is 0 Å². The number of benzene rings is 1. The monoisotopic (exact) mass is 269 g/mol. The predicted octanol–water partition coefficient (Wildman–Crippen LogP) is 3.53. The lowest BCUT2D eigenvalue weighted by Crippen LogP contribution is -1.91. The van der Waals surface area contributed by atoms with E-state index in [0.717, 1.165) is 23.8 Å². The van der Waals surface area contributed by atoms with Crippen molar-refractivity contribution in [2.45, 2.75) is 13.3 Å². The minimum Gasteiger partial charge on any atom is -0.478 e. The second kappa shape index (κ2) is 6.52. The summed E-state index contributed by atoms with van der Waals surface area (Å²) >= 11 is 0. The Hall–Kier alpha value is -2.62. The number of carboxylic acid groups (broad SMARTS) is 1. The summed E-state index contributed by atoms with van der Waals surface area (Å²) in [6.45, 7) is 2.06. The number of carboxylic acids is 1. The number of hydrogen-bond donors (Lipinski definition) is 1. The number of rotatable bonds is 5. The molecule has 0 unspecified atom stereocenters. The van der Waals surface area contributed by atoms with E-state index in [1.54, 1.807) is 18.5 Å². The molecule has 1 aromatic carbocycles. The van der Waals surface area contributed by atoms with Gasteiger partial charge in [0.1, 0.15) is 11.5 Å². The van der Waals surface area contributed by atoms with Crippen LogP contribution >= 0.6 is 0 Å². The number of para-hydroxylation sites is 1. The number of hydrogen-bond acceptors (Lipinski definition) is 3. The molecule has 0 fully saturated rings. The van der Waals surface area contributed by atoms with Gasteiger partial charge in [-0.2, -0.15) is 0 Å². The Kier molecular flexibility index (Phi) is 4.50. The van der Waals surface area contributed by atoms with Gasteiger partial charge in [0.2, 0.25) is 0 Å². The van der Waals surface area contributed by atoms with Crippen molar-refractivity contribution in [2.75, 3.05) is 0 Å². The van der Waals surface area contributed by atoms with Crippen LogP contribution in [0.25, 0.3) is 6.08 Å². The maximum absolute atomic E-state index is 10.5. The molecular weight excluding hydrogens is 254 g/mol. The van der Waals surface area contributed by atoms with Gasteiger partial charge in [0.05, 0.1) is 6.20 Å². The first-order valence-electron chi connectivity index (χ1n) is 6.31. The van der Waals surface area contributed by atoms with E-state index in [2.05, 4.69) is 11.9 Å². The first-order valence-corrected chi connectivity index (χ1v) is 6.31. The molecule has 102 valence electrons. The van der Waals surface area contributed by atoms with Crippen molar-refractivity contribution >= 4 is 12.0 Å². The summed E-state index contributed by atoms with van der Waals surface area (Å²) in [5.41, 5.74) is 1.79. The molecule has 0 amide bonds. The summed E-state index contributed by atoms with van der Waals surface area (Å²) in [7, 11) is 0. The van der Waals surface area contributed by atoms with Crippen LogP contribution in [0.1, 0.15) is 18.1 Å². The first-order chi connectivity index (χ1) is 9.69. The summed E-state index contributed by atoms with van der Waals surface area (Å²) < 4.78 is 5.80. The number of aliphatic carboxylic acids is 1. The molecule has 0 atom stereocenters. The third-order valence-electron chi connectivity index (χ3n) is 2.73. The van der Waals surface area contributed by atoms with Crippen molar-refractivity contribution in [3.8, 4) is 11.5 Å². The van der Waals surface area contributed by atoms with Gasteiger partial charge in [0.25, 0.3) is 0 Å². The number of ether oxygens (including phenoxy) is 1. The average molecular weight is 269 g/mol. The highest BCUT2D eigenvalue weighted by Gasteiger charge is 2.03. The molecule has 0 radical (unpaired) electrons. The minimum absolute atomic E-state index is 0.582. The van der Waals surface area contributed by atoms with Gasteiger partial charge in [0, 0.05) is 12.3 Å². The smallest absolute Gasteiger partial charge is 0.328 e. The third kappa shape index (κ3) is 3.68. The van der Waals surface area contributed by atoms with E-state index in [4.69, 9.17) is 9.84 Å². The van der Waals surface area contributed by atoms with E-state index < -0.39 is 5.97 Å². The molecule has 2 aromatic rings. The summed E-state index contributed by atoms with van der Waals surface area (Å²) in [4.78, 5) is 14.5. The molecule has 1 N–H and O–H groups in total. The van der Waals surface area contributed by atoms with Crippen LogP contribution in [-0.2, 0) is 11.2 Å². The standard InChI is InChI=1S/C16H15NO3/c1-2-13-5-3-4-6-15(13)20-14-9-12(10-17-11-14)7-8-16(18)19/h3-11H,2H2,1H3,(H,18,19)/b8-7+. The lowest BCUT2D eigenvalue weighted by Gasteiger charge is -2.09. The predicted molar refractivity (Wildman–Crippen MR) is 76.8 cm³/mol. The van der Waals surface area contributed by atoms with E-state index in [-0.39, 0.29) is 0 Å². The average Bonchev–Trinajstić information content (AvgIpc) is 2.46. The van der Waals surface area contributed by atoms with Crippen LogP contribution < -0.4 is 4.74 Å². The molecule has 0 aliphatic carbocycles. The SMILES string of the molecule is CCc1ccccc1Oc1cncc(/C=C/C(=O)O)c1. The Morgan fingerprint density at radius 1 is 1.35 bits per heavy atom. The fourth-order valence-corrected chi connectivity index (χ4v) is 1.77. The summed E-state index contributed by atoms with van der Waals surface area (Å²) in [6.07, 6.45) is 6.61. The van der Waals surface area contributed by atoms with Gasteiger partial charge in [0.15, 0.2) is 0 Å². The van der Waals surface area contributed by atoms with Gasteiger partial charge in [-0.25, -0.2) is 4.79 Å². The van der Waals surface area contributed by atoms with Gasteiger partial charge in [-0.1, -0.05) is 25.1 Å². The quantitative estimate of drug-likeness (QED) is 0.843. The van der Waals surface area contributed by atoms with Crippen molar-refractivity contribution in [1.82, 2.24) is 4.98 Å². The van der Waals surface area contributed by atoms with Crippen LogP contribution in [0.4, 0.5) is 0 Å².